The van der Waals surface area contributed by atoms with Crippen LogP contribution in [0.3, 0.4) is 0 Å². The largest absolute Gasteiger partial charge is 0.496 e. The topological polar surface area (TPSA) is 94.1 Å². The number of aliphatic carboxylic acids is 1. The van der Waals surface area contributed by atoms with Gasteiger partial charge < -0.3 is 24.6 Å². The number of unbranched alkanes of at least 4 members (excludes halogenated alkanes) is 4. The molecule has 1 unspecified atom stereocenters. The molecule has 7 nitrogen and oxygen atoms in total. The van der Waals surface area contributed by atoms with Crippen LogP contribution in [0.1, 0.15) is 66.1 Å². The normalized spacial score (nSPS) is 12.0. The molecular weight excluding hydrogens is 551 g/mol. The van der Waals surface area contributed by atoms with Crippen molar-refractivity contribution in [1.82, 2.24) is 5.32 Å². The highest BCUT2D eigenvalue weighted by molar-refractivity contribution is 5.91. The van der Waals surface area contributed by atoms with Crippen LogP contribution in [0.4, 0.5) is 13.2 Å². The van der Waals surface area contributed by atoms with Gasteiger partial charge in [0.05, 0.1) is 24.8 Å². The number of benzene rings is 3. The van der Waals surface area contributed by atoms with Crippen molar-refractivity contribution in [2.45, 2.75) is 64.2 Å². The van der Waals surface area contributed by atoms with E-state index in [1.807, 2.05) is 0 Å². The summed E-state index contributed by atoms with van der Waals surface area (Å²) in [6.07, 6.45) is 1.17. The number of esters is 1. The Hall–Kier alpha value is -4.05. The Kier molecular flexibility index (Phi) is 12.2. The third-order valence-corrected chi connectivity index (χ3v) is 6.60. The lowest BCUT2D eigenvalue weighted by Gasteiger charge is -2.17. The van der Waals surface area contributed by atoms with Gasteiger partial charge in [-0.15, -0.1) is 0 Å². The number of carboxylic acids is 1. The summed E-state index contributed by atoms with van der Waals surface area (Å²) in [4.78, 5) is 24.4. The summed E-state index contributed by atoms with van der Waals surface area (Å²) in [6.45, 7) is 2.70. The minimum Gasteiger partial charge on any atom is -0.496 e. The molecule has 226 valence electrons. The minimum absolute atomic E-state index is 0.0614. The first-order valence-corrected chi connectivity index (χ1v) is 13.8. The van der Waals surface area contributed by atoms with Gasteiger partial charge >= 0.3 is 18.1 Å². The maximum Gasteiger partial charge on any atom is 0.419 e. The second kappa shape index (κ2) is 15.8. The summed E-state index contributed by atoms with van der Waals surface area (Å²) >= 11 is 0. The average molecular weight is 588 g/mol. The molecular formula is C32H36F3NO6. The summed E-state index contributed by atoms with van der Waals surface area (Å²) in [5.41, 5.74) is 0.325. The van der Waals surface area contributed by atoms with Gasteiger partial charge in [0, 0.05) is 6.54 Å². The van der Waals surface area contributed by atoms with E-state index in [2.05, 4.69) is 12.2 Å². The van der Waals surface area contributed by atoms with Crippen LogP contribution in [0.2, 0.25) is 0 Å². The van der Waals surface area contributed by atoms with Crippen molar-refractivity contribution in [2.75, 3.05) is 13.7 Å². The first kappa shape index (κ1) is 32.5. The van der Waals surface area contributed by atoms with Gasteiger partial charge in [-0.05, 0) is 72.5 Å². The molecule has 3 aromatic carbocycles. The molecule has 0 amide bonds. The van der Waals surface area contributed by atoms with Crippen LogP contribution in [0, 0.1) is 0 Å². The number of hydrogen-bond donors (Lipinski definition) is 2. The van der Waals surface area contributed by atoms with Crippen LogP contribution in [0.5, 0.6) is 17.2 Å². The van der Waals surface area contributed by atoms with E-state index in [0.717, 1.165) is 26.0 Å². The van der Waals surface area contributed by atoms with Gasteiger partial charge in [0.1, 0.15) is 23.3 Å². The van der Waals surface area contributed by atoms with Crippen molar-refractivity contribution >= 4 is 11.9 Å². The van der Waals surface area contributed by atoms with E-state index in [9.17, 15) is 27.9 Å². The second-order valence-corrected chi connectivity index (χ2v) is 9.83. The molecule has 0 radical (unpaired) electrons. The molecule has 0 aliphatic rings. The van der Waals surface area contributed by atoms with E-state index >= 15 is 0 Å². The Morgan fingerprint density at radius 3 is 2.14 bits per heavy atom. The van der Waals surface area contributed by atoms with Crippen molar-refractivity contribution in [3.05, 3.63) is 89.0 Å². The molecule has 2 N–H and O–H groups in total. The Morgan fingerprint density at radius 2 is 1.52 bits per heavy atom. The monoisotopic (exact) mass is 587 g/mol. The number of hydrogen-bond acceptors (Lipinski definition) is 6. The first-order chi connectivity index (χ1) is 20.1. The molecule has 3 rings (SSSR count). The first-order valence-electron chi connectivity index (χ1n) is 13.8. The van der Waals surface area contributed by atoms with Gasteiger partial charge in [-0.2, -0.15) is 13.2 Å². The molecule has 0 fully saturated rings. The number of ether oxygens (including phenoxy) is 3. The number of methoxy groups -OCH3 is 1. The summed E-state index contributed by atoms with van der Waals surface area (Å²) in [5.74, 6) is -1.04. The Morgan fingerprint density at radius 1 is 0.881 bits per heavy atom. The van der Waals surface area contributed by atoms with Crippen molar-refractivity contribution in [1.29, 1.82) is 0 Å². The predicted molar refractivity (Wildman–Crippen MR) is 152 cm³/mol. The maximum absolute atomic E-state index is 13.3. The number of nitrogens with one attached hydrogen (secondary N) is 1. The van der Waals surface area contributed by atoms with Gasteiger partial charge in [0.25, 0.3) is 0 Å². The number of carbonyl (C=O) groups is 2. The number of halogens is 3. The SMILES string of the molecule is CCCCCCCOc1ccc(C(=O)Oc2ccc(CC(NCc3ccc(OC)c(C(F)(F)F)c3)C(=O)O)cc2)cc1. The van der Waals surface area contributed by atoms with Crippen molar-refractivity contribution < 1.29 is 42.1 Å². The molecule has 0 heterocycles. The molecule has 0 saturated heterocycles. The third-order valence-electron chi connectivity index (χ3n) is 6.60. The van der Waals surface area contributed by atoms with E-state index in [-0.39, 0.29) is 30.0 Å². The Balaban J connectivity index is 1.52. The highest BCUT2D eigenvalue weighted by Gasteiger charge is 2.34. The highest BCUT2D eigenvalue weighted by Crippen LogP contribution is 2.36. The number of carboxylic acid groups (broad SMARTS) is 1. The fraction of sp³-hybridized carbons (Fsp3) is 0.375. The molecule has 0 aliphatic carbocycles. The third kappa shape index (κ3) is 10.1. The quantitative estimate of drug-likeness (QED) is 0.105. The number of alkyl halides is 3. The Bertz CT molecular complexity index is 1290. The number of carbonyl (C=O) groups excluding carboxylic acids is 1. The van der Waals surface area contributed by atoms with Crippen LogP contribution < -0.4 is 19.5 Å². The van der Waals surface area contributed by atoms with Crippen molar-refractivity contribution in [3.63, 3.8) is 0 Å². The molecule has 0 spiro atoms. The van der Waals surface area contributed by atoms with Gasteiger partial charge in [-0.25, -0.2) is 4.79 Å². The van der Waals surface area contributed by atoms with E-state index in [4.69, 9.17) is 14.2 Å². The maximum atomic E-state index is 13.3. The molecule has 0 aliphatic heterocycles. The van der Waals surface area contributed by atoms with Gasteiger partial charge in [-0.3, -0.25) is 4.79 Å². The van der Waals surface area contributed by atoms with Crippen LogP contribution in [-0.2, 0) is 23.9 Å². The lowest BCUT2D eigenvalue weighted by atomic mass is 10.0. The van der Waals surface area contributed by atoms with Crippen LogP contribution in [-0.4, -0.2) is 36.8 Å². The molecule has 0 bridgehead atoms. The van der Waals surface area contributed by atoms with Crippen LogP contribution in [0.25, 0.3) is 0 Å². The molecule has 1 atom stereocenters. The molecule has 42 heavy (non-hydrogen) atoms. The summed E-state index contributed by atoms with van der Waals surface area (Å²) < 4.78 is 55.9. The van der Waals surface area contributed by atoms with E-state index in [1.165, 1.54) is 31.4 Å². The molecule has 3 aromatic rings. The van der Waals surface area contributed by atoms with Crippen molar-refractivity contribution in [2.24, 2.45) is 0 Å². The van der Waals surface area contributed by atoms with Gasteiger partial charge in [0.2, 0.25) is 0 Å². The van der Waals surface area contributed by atoms with E-state index < -0.39 is 29.7 Å². The smallest absolute Gasteiger partial charge is 0.419 e. The van der Waals surface area contributed by atoms with Crippen molar-refractivity contribution in [3.8, 4) is 17.2 Å². The molecule has 0 saturated carbocycles. The summed E-state index contributed by atoms with van der Waals surface area (Å²) in [7, 11) is 1.15. The predicted octanol–water partition coefficient (Wildman–Crippen LogP) is 7.07. The summed E-state index contributed by atoms with van der Waals surface area (Å²) in [6, 6.07) is 15.6. The fourth-order valence-electron chi connectivity index (χ4n) is 4.25. The summed E-state index contributed by atoms with van der Waals surface area (Å²) in [5, 5.41) is 12.4. The fourth-order valence-corrected chi connectivity index (χ4v) is 4.25. The number of rotatable bonds is 16. The minimum atomic E-state index is -4.61. The van der Waals surface area contributed by atoms with Gasteiger partial charge in [-0.1, -0.05) is 50.8 Å². The zero-order valence-electron chi connectivity index (χ0n) is 23.7. The standard InChI is InChI=1S/C32H36F3NO6/c1-3-4-5-6-7-18-41-25-15-11-24(12-16-25)31(39)42-26-13-8-22(9-14-26)20-28(30(37)38)36-21-23-10-17-29(40-2)27(19-23)32(33,34)35/h8-17,19,28,36H,3-7,18,20-21H2,1-2H3,(H,37,38). The molecule has 10 heteroatoms. The zero-order valence-corrected chi connectivity index (χ0v) is 23.7. The van der Waals surface area contributed by atoms with E-state index in [0.29, 0.717) is 23.5 Å². The lowest BCUT2D eigenvalue weighted by molar-refractivity contribution is -0.140. The van der Waals surface area contributed by atoms with Crippen LogP contribution in [0.15, 0.2) is 66.7 Å². The lowest BCUT2D eigenvalue weighted by Crippen LogP contribution is -2.38. The Labute approximate surface area is 243 Å². The van der Waals surface area contributed by atoms with Crippen LogP contribution >= 0.6 is 0 Å². The molecule has 0 aromatic heterocycles. The van der Waals surface area contributed by atoms with Gasteiger partial charge in [0.15, 0.2) is 0 Å². The highest BCUT2D eigenvalue weighted by atomic mass is 19.4. The second-order valence-electron chi connectivity index (χ2n) is 9.83. The van der Waals surface area contributed by atoms with E-state index in [1.54, 1.807) is 48.5 Å². The zero-order chi connectivity index (χ0) is 30.5. The average Bonchev–Trinajstić information content (AvgIpc) is 2.97.